The molecule has 4 rings (SSSR count). The van der Waals surface area contributed by atoms with Crippen molar-refractivity contribution in [2.75, 3.05) is 12.4 Å². The first-order chi connectivity index (χ1) is 14.2. The molecule has 1 amide bonds. The third-order valence-corrected chi connectivity index (χ3v) is 5.74. The Hall–Kier alpha value is -3.63. The number of nitrogens with one attached hydrogen (secondary N) is 1. The Labute approximate surface area is 171 Å². The van der Waals surface area contributed by atoms with Crippen LogP contribution in [0.1, 0.15) is 11.1 Å². The summed E-state index contributed by atoms with van der Waals surface area (Å²) in [7, 11) is -2.43. The molecule has 0 saturated carbocycles. The highest BCUT2D eigenvalue weighted by Crippen LogP contribution is 2.36. The lowest BCUT2D eigenvalue weighted by Crippen LogP contribution is -2.12. The summed E-state index contributed by atoms with van der Waals surface area (Å²) < 4.78 is 30.2. The van der Waals surface area contributed by atoms with Crippen LogP contribution >= 0.6 is 0 Å². The summed E-state index contributed by atoms with van der Waals surface area (Å²) in [5.74, 6) is -0.842. The van der Waals surface area contributed by atoms with E-state index in [0.717, 1.165) is 0 Å². The number of hydrogen-bond acceptors (Lipinski definition) is 5. The maximum absolute atomic E-state index is 12.6. The van der Waals surface area contributed by atoms with E-state index in [4.69, 9.17) is 9.88 Å². The van der Waals surface area contributed by atoms with Crippen molar-refractivity contribution in [1.82, 2.24) is 4.57 Å². The summed E-state index contributed by atoms with van der Waals surface area (Å²) in [6.07, 6.45) is 3.22. The summed E-state index contributed by atoms with van der Waals surface area (Å²) in [5.41, 5.74) is 2.35. The largest absolute Gasteiger partial charge is 0.497 e. The third-order valence-electron chi connectivity index (χ3n) is 4.83. The van der Waals surface area contributed by atoms with Gasteiger partial charge in [0, 0.05) is 39.5 Å². The number of nitrogens with zero attached hydrogens (tertiary/aromatic N) is 1. The average Bonchev–Trinajstić information content (AvgIpc) is 3.17. The quantitative estimate of drug-likeness (QED) is 0.531. The number of nitrogens with two attached hydrogens (primary N) is 1. The molecule has 2 heterocycles. The van der Waals surface area contributed by atoms with E-state index in [9.17, 15) is 23.1 Å². The van der Waals surface area contributed by atoms with Crippen molar-refractivity contribution in [2.45, 2.75) is 11.4 Å². The van der Waals surface area contributed by atoms with Gasteiger partial charge in [-0.05, 0) is 42.5 Å². The zero-order chi connectivity index (χ0) is 21.6. The molecule has 154 valence electrons. The fourth-order valence-corrected chi connectivity index (χ4v) is 4.01. The van der Waals surface area contributed by atoms with E-state index in [0.29, 0.717) is 33.5 Å². The molecule has 0 aliphatic carbocycles. The molecule has 0 saturated heterocycles. The minimum atomic E-state index is -3.94. The van der Waals surface area contributed by atoms with Crippen molar-refractivity contribution >= 4 is 50.1 Å². The van der Waals surface area contributed by atoms with Gasteiger partial charge in [0.15, 0.2) is 0 Å². The van der Waals surface area contributed by atoms with E-state index < -0.39 is 21.9 Å². The highest BCUT2D eigenvalue weighted by molar-refractivity contribution is 7.89. The van der Waals surface area contributed by atoms with E-state index >= 15 is 0 Å². The Morgan fingerprint density at radius 2 is 2.03 bits per heavy atom. The van der Waals surface area contributed by atoms with Crippen molar-refractivity contribution in [2.24, 2.45) is 5.14 Å². The Morgan fingerprint density at radius 1 is 1.27 bits per heavy atom. The Balaban J connectivity index is 1.92. The van der Waals surface area contributed by atoms with Gasteiger partial charge in [-0.1, -0.05) is 0 Å². The van der Waals surface area contributed by atoms with Gasteiger partial charge in [0.05, 0.1) is 12.0 Å². The van der Waals surface area contributed by atoms with Crippen molar-refractivity contribution in [3.05, 3.63) is 53.7 Å². The van der Waals surface area contributed by atoms with Gasteiger partial charge in [-0.3, -0.25) is 9.59 Å². The SMILES string of the molecule is COc1ccc2c(c1)c(/C=C1\C(=O)Nc3ccc(S(N)(=O)=O)cc31)cn2CC(=O)O. The van der Waals surface area contributed by atoms with E-state index in [1.165, 1.54) is 25.3 Å². The van der Waals surface area contributed by atoms with Crippen LogP contribution in [0.3, 0.4) is 0 Å². The Bertz CT molecular complexity index is 1350. The smallest absolute Gasteiger partial charge is 0.323 e. The molecule has 4 N–H and O–H groups in total. The number of rotatable bonds is 5. The van der Waals surface area contributed by atoms with Crippen LogP contribution in [-0.4, -0.2) is 37.1 Å². The molecule has 9 nitrogen and oxygen atoms in total. The minimum absolute atomic E-state index is 0.112. The number of amides is 1. The number of primary sulfonamides is 1. The predicted octanol–water partition coefficient (Wildman–Crippen LogP) is 1.87. The van der Waals surface area contributed by atoms with E-state index in [-0.39, 0.29) is 17.0 Å². The summed E-state index contributed by atoms with van der Waals surface area (Å²) in [6, 6.07) is 9.33. The minimum Gasteiger partial charge on any atom is -0.497 e. The predicted molar refractivity (Wildman–Crippen MR) is 110 cm³/mol. The lowest BCUT2D eigenvalue weighted by molar-refractivity contribution is -0.137. The van der Waals surface area contributed by atoms with Crippen LogP contribution in [0, 0.1) is 0 Å². The number of carbonyl (C=O) groups excluding carboxylic acids is 1. The molecule has 0 bridgehead atoms. The Morgan fingerprint density at radius 3 is 2.70 bits per heavy atom. The fourth-order valence-electron chi connectivity index (χ4n) is 3.47. The van der Waals surface area contributed by atoms with Crippen LogP contribution in [0.25, 0.3) is 22.6 Å². The second-order valence-corrected chi connectivity index (χ2v) is 8.32. The molecule has 1 aliphatic rings. The topological polar surface area (TPSA) is 141 Å². The first kappa shape index (κ1) is 19.7. The second-order valence-electron chi connectivity index (χ2n) is 6.75. The number of methoxy groups -OCH3 is 1. The van der Waals surface area contributed by atoms with Crippen molar-refractivity contribution in [1.29, 1.82) is 0 Å². The zero-order valence-electron chi connectivity index (χ0n) is 15.7. The van der Waals surface area contributed by atoms with E-state index in [1.54, 1.807) is 35.0 Å². The number of carboxylic acids is 1. The van der Waals surface area contributed by atoms with Crippen molar-refractivity contribution in [3.63, 3.8) is 0 Å². The highest BCUT2D eigenvalue weighted by atomic mass is 32.2. The average molecular weight is 427 g/mol. The molecule has 2 aromatic carbocycles. The van der Waals surface area contributed by atoms with Gasteiger partial charge in [0.2, 0.25) is 10.0 Å². The summed E-state index contributed by atoms with van der Waals surface area (Å²) >= 11 is 0. The van der Waals surface area contributed by atoms with Gasteiger partial charge in [0.1, 0.15) is 12.3 Å². The summed E-state index contributed by atoms with van der Waals surface area (Å²) in [5, 5.41) is 17.8. The normalized spacial score (nSPS) is 14.7. The standard InChI is InChI=1S/C20H17N3O6S/c1-29-12-2-5-18-14(7-12)11(9-23(18)10-19(24)25)6-16-15-8-13(30(21,27)28)3-4-17(15)22-20(16)26/h2-9H,10H2,1H3,(H,22,26)(H,24,25)(H2,21,27,28)/b16-6-. The van der Waals surface area contributed by atoms with Gasteiger partial charge >= 0.3 is 5.97 Å². The van der Waals surface area contributed by atoms with Crippen LogP contribution in [0.4, 0.5) is 5.69 Å². The van der Waals surface area contributed by atoms with Gasteiger partial charge < -0.3 is 19.7 Å². The van der Waals surface area contributed by atoms with Crippen LogP contribution < -0.4 is 15.2 Å². The number of aliphatic carboxylic acids is 1. The number of hydrogen-bond donors (Lipinski definition) is 3. The molecule has 10 heteroatoms. The van der Waals surface area contributed by atoms with Gasteiger partial charge in [-0.2, -0.15) is 0 Å². The molecule has 3 aromatic rings. The molecule has 0 unspecified atom stereocenters. The maximum Gasteiger partial charge on any atom is 0.323 e. The lowest BCUT2D eigenvalue weighted by atomic mass is 10.0. The number of fused-ring (bicyclic) bond motifs is 2. The van der Waals surface area contributed by atoms with Crippen LogP contribution in [-0.2, 0) is 26.2 Å². The van der Waals surface area contributed by atoms with Gasteiger partial charge in [-0.25, -0.2) is 13.6 Å². The van der Waals surface area contributed by atoms with Crippen LogP contribution in [0.5, 0.6) is 5.75 Å². The summed E-state index contributed by atoms with van der Waals surface area (Å²) in [6.45, 7) is -0.260. The first-order valence-corrected chi connectivity index (χ1v) is 10.3. The molecule has 0 radical (unpaired) electrons. The number of ether oxygens (including phenoxy) is 1. The van der Waals surface area contributed by atoms with Crippen LogP contribution in [0.2, 0.25) is 0 Å². The third kappa shape index (κ3) is 3.42. The zero-order valence-corrected chi connectivity index (χ0v) is 16.6. The monoisotopic (exact) mass is 427 g/mol. The molecule has 0 atom stereocenters. The van der Waals surface area contributed by atoms with Crippen molar-refractivity contribution in [3.8, 4) is 5.75 Å². The number of carbonyl (C=O) groups is 2. The van der Waals surface area contributed by atoms with Gasteiger partial charge in [-0.15, -0.1) is 0 Å². The van der Waals surface area contributed by atoms with Crippen molar-refractivity contribution < 1.29 is 27.9 Å². The molecule has 30 heavy (non-hydrogen) atoms. The van der Waals surface area contributed by atoms with E-state index in [1.807, 2.05) is 0 Å². The highest BCUT2D eigenvalue weighted by Gasteiger charge is 2.26. The maximum atomic E-state index is 12.6. The molecular formula is C20H17N3O6S. The summed E-state index contributed by atoms with van der Waals surface area (Å²) in [4.78, 5) is 23.7. The molecule has 0 spiro atoms. The number of anilines is 1. The first-order valence-electron chi connectivity index (χ1n) is 8.76. The molecule has 1 aliphatic heterocycles. The molecule has 0 fully saturated rings. The molecular weight excluding hydrogens is 410 g/mol. The van der Waals surface area contributed by atoms with E-state index in [2.05, 4.69) is 5.32 Å². The fraction of sp³-hybridized carbons (Fsp3) is 0.100. The second kappa shape index (κ2) is 7.01. The number of carboxylic acid groups (broad SMARTS) is 1. The lowest BCUT2D eigenvalue weighted by Gasteiger charge is -2.03. The number of aromatic nitrogens is 1. The molecule has 1 aromatic heterocycles. The van der Waals surface area contributed by atoms with Gasteiger partial charge in [0.25, 0.3) is 5.91 Å². The number of benzene rings is 2. The Kier molecular flexibility index (Phi) is 4.60. The number of sulfonamides is 1. The van der Waals surface area contributed by atoms with Crippen LogP contribution in [0.15, 0.2) is 47.5 Å².